The first-order chi connectivity index (χ1) is 9.90. The highest BCUT2D eigenvalue weighted by molar-refractivity contribution is 5.95. The predicted octanol–water partition coefficient (Wildman–Crippen LogP) is 2.77. The van der Waals surface area contributed by atoms with E-state index >= 15 is 0 Å². The Hall–Kier alpha value is -2.20. The molecule has 2 aromatic carbocycles. The van der Waals surface area contributed by atoms with Crippen molar-refractivity contribution in [3.8, 4) is 0 Å². The van der Waals surface area contributed by atoms with E-state index in [0.717, 1.165) is 0 Å². The lowest BCUT2D eigenvalue weighted by molar-refractivity contribution is 0.0526. The number of amides is 1. The predicted molar refractivity (Wildman–Crippen MR) is 79.5 cm³/mol. The van der Waals surface area contributed by atoms with E-state index < -0.39 is 17.3 Å². The van der Waals surface area contributed by atoms with Gasteiger partial charge in [0.15, 0.2) is 0 Å². The van der Waals surface area contributed by atoms with Crippen LogP contribution in [0.2, 0.25) is 0 Å². The first kappa shape index (κ1) is 15.2. The Morgan fingerprint density at radius 1 is 1.24 bits per heavy atom. The Morgan fingerprint density at radius 2 is 1.90 bits per heavy atom. The minimum absolute atomic E-state index is 0.0474. The summed E-state index contributed by atoms with van der Waals surface area (Å²) in [6.45, 7) is 3.41. The fourth-order valence-corrected chi connectivity index (χ4v) is 2.09. The fourth-order valence-electron chi connectivity index (χ4n) is 2.09. The molecule has 0 saturated carbocycles. The van der Waals surface area contributed by atoms with Crippen molar-refractivity contribution in [2.45, 2.75) is 19.4 Å². The van der Waals surface area contributed by atoms with Crippen LogP contribution in [0.15, 0.2) is 48.5 Å². The maximum Gasteiger partial charge on any atom is 0.251 e. The van der Waals surface area contributed by atoms with Gasteiger partial charge in [-0.05, 0) is 37.1 Å². The first-order valence-corrected chi connectivity index (χ1v) is 6.72. The van der Waals surface area contributed by atoms with Crippen LogP contribution in [0, 0.1) is 12.7 Å². The summed E-state index contributed by atoms with van der Waals surface area (Å²) >= 11 is 0. The molecule has 4 heteroatoms. The number of aryl methyl sites for hydroxylation is 1. The number of carbonyl (C=O) groups excluding carboxylic acids is 1. The largest absolute Gasteiger partial charge is 0.384 e. The maximum atomic E-state index is 13.2. The van der Waals surface area contributed by atoms with Crippen molar-refractivity contribution in [2.24, 2.45) is 0 Å². The average Bonchev–Trinajstić information content (AvgIpc) is 2.48. The van der Waals surface area contributed by atoms with Crippen LogP contribution in [0.5, 0.6) is 0 Å². The third-order valence-corrected chi connectivity index (χ3v) is 3.43. The lowest BCUT2D eigenvalue weighted by Crippen LogP contribution is -2.38. The second-order valence-electron chi connectivity index (χ2n) is 5.28. The summed E-state index contributed by atoms with van der Waals surface area (Å²) in [4.78, 5) is 12.1. The fraction of sp³-hybridized carbons (Fsp3) is 0.235. The van der Waals surface area contributed by atoms with E-state index in [1.165, 1.54) is 12.1 Å². The molecule has 0 bridgehead atoms. The van der Waals surface area contributed by atoms with Crippen LogP contribution >= 0.6 is 0 Å². The molecule has 1 atom stereocenters. The number of nitrogens with one attached hydrogen (secondary N) is 1. The van der Waals surface area contributed by atoms with Gasteiger partial charge in [0.05, 0.1) is 6.54 Å². The van der Waals surface area contributed by atoms with Gasteiger partial charge in [0.2, 0.25) is 0 Å². The van der Waals surface area contributed by atoms with E-state index in [1.807, 2.05) is 18.2 Å². The monoisotopic (exact) mass is 287 g/mol. The van der Waals surface area contributed by atoms with Gasteiger partial charge in [-0.3, -0.25) is 4.79 Å². The SMILES string of the molecule is Cc1ccc(F)cc1C(=O)NCC(C)(O)c1ccccc1. The van der Waals surface area contributed by atoms with E-state index in [4.69, 9.17) is 0 Å². The van der Waals surface area contributed by atoms with Gasteiger partial charge in [-0.25, -0.2) is 4.39 Å². The topological polar surface area (TPSA) is 49.3 Å². The number of halogens is 1. The second-order valence-corrected chi connectivity index (χ2v) is 5.28. The van der Waals surface area contributed by atoms with Crippen LogP contribution in [-0.2, 0) is 5.60 Å². The summed E-state index contributed by atoms with van der Waals surface area (Å²) in [6.07, 6.45) is 0. The standard InChI is InChI=1S/C17H18FNO2/c1-12-8-9-14(18)10-15(12)16(20)19-11-17(2,21)13-6-4-3-5-7-13/h3-10,21H,11H2,1-2H3,(H,19,20). The lowest BCUT2D eigenvalue weighted by atomic mass is 9.96. The third-order valence-electron chi connectivity index (χ3n) is 3.43. The lowest BCUT2D eigenvalue weighted by Gasteiger charge is -2.24. The zero-order valence-electron chi connectivity index (χ0n) is 12.1. The summed E-state index contributed by atoms with van der Waals surface area (Å²) in [5, 5.41) is 13.1. The van der Waals surface area contributed by atoms with Gasteiger partial charge in [-0.15, -0.1) is 0 Å². The molecule has 2 aromatic rings. The van der Waals surface area contributed by atoms with Gasteiger partial charge in [0.1, 0.15) is 11.4 Å². The average molecular weight is 287 g/mol. The smallest absolute Gasteiger partial charge is 0.251 e. The molecule has 0 saturated heterocycles. The van der Waals surface area contributed by atoms with Gasteiger partial charge in [0.25, 0.3) is 5.91 Å². The molecule has 110 valence electrons. The van der Waals surface area contributed by atoms with Crippen LogP contribution in [0.3, 0.4) is 0 Å². The van der Waals surface area contributed by atoms with Crippen molar-refractivity contribution in [1.82, 2.24) is 5.32 Å². The molecule has 1 amide bonds. The molecule has 2 N–H and O–H groups in total. The molecule has 0 fully saturated rings. The van der Waals surface area contributed by atoms with Crippen molar-refractivity contribution >= 4 is 5.91 Å². The van der Waals surface area contributed by atoms with Crippen molar-refractivity contribution in [2.75, 3.05) is 6.54 Å². The quantitative estimate of drug-likeness (QED) is 0.908. The van der Waals surface area contributed by atoms with Crippen molar-refractivity contribution in [3.05, 3.63) is 71.0 Å². The number of rotatable bonds is 4. The zero-order valence-corrected chi connectivity index (χ0v) is 12.1. The van der Waals surface area contributed by atoms with Gasteiger partial charge in [-0.1, -0.05) is 36.4 Å². The number of benzene rings is 2. The Bertz CT molecular complexity index is 638. The highest BCUT2D eigenvalue weighted by Gasteiger charge is 2.24. The van der Waals surface area contributed by atoms with Crippen LogP contribution in [0.4, 0.5) is 4.39 Å². The molecular weight excluding hydrogens is 269 g/mol. The molecule has 0 heterocycles. The number of hydrogen-bond acceptors (Lipinski definition) is 2. The third kappa shape index (κ3) is 3.67. The molecule has 0 aliphatic rings. The Labute approximate surface area is 123 Å². The summed E-state index contributed by atoms with van der Waals surface area (Å²) in [5.41, 5.74) is 0.492. The first-order valence-electron chi connectivity index (χ1n) is 6.72. The summed E-state index contributed by atoms with van der Waals surface area (Å²) in [6, 6.07) is 13.1. The van der Waals surface area contributed by atoms with Crippen LogP contribution in [0.1, 0.15) is 28.4 Å². The second kappa shape index (κ2) is 6.06. The molecule has 3 nitrogen and oxygen atoms in total. The highest BCUT2D eigenvalue weighted by atomic mass is 19.1. The minimum atomic E-state index is -1.18. The molecule has 1 unspecified atom stereocenters. The van der Waals surface area contributed by atoms with Crippen molar-refractivity contribution in [1.29, 1.82) is 0 Å². The maximum absolute atomic E-state index is 13.2. The molecule has 0 spiro atoms. The Balaban J connectivity index is 2.09. The van der Waals surface area contributed by atoms with E-state index in [-0.39, 0.29) is 12.1 Å². The van der Waals surface area contributed by atoms with Gasteiger partial charge >= 0.3 is 0 Å². The molecule has 0 aliphatic carbocycles. The zero-order chi connectivity index (χ0) is 15.5. The number of aliphatic hydroxyl groups is 1. The molecule has 0 radical (unpaired) electrons. The van der Waals surface area contributed by atoms with Crippen LogP contribution < -0.4 is 5.32 Å². The number of hydrogen-bond donors (Lipinski definition) is 2. The van der Waals surface area contributed by atoms with Gasteiger partial charge in [-0.2, -0.15) is 0 Å². The summed E-state index contributed by atoms with van der Waals surface area (Å²) in [5.74, 6) is -0.858. The molecule has 0 aliphatic heterocycles. The minimum Gasteiger partial charge on any atom is -0.384 e. The Kier molecular flexibility index (Phi) is 4.38. The number of carbonyl (C=O) groups is 1. The molecule has 0 aromatic heterocycles. The van der Waals surface area contributed by atoms with Crippen molar-refractivity contribution < 1.29 is 14.3 Å². The van der Waals surface area contributed by atoms with Gasteiger partial charge in [0, 0.05) is 5.56 Å². The highest BCUT2D eigenvalue weighted by Crippen LogP contribution is 2.19. The van der Waals surface area contributed by atoms with E-state index in [2.05, 4.69) is 5.32 Å². The van der Waals surface area contributed by atoms with Gasteiger partial charge < -0.3 is 10.4 Å². The van der Waals surface area contributed by atoms with E-state index in [9.17, 15) is 14.3 Å². The molecule has 2 rings (SSSR count). The summed E-state index contributed by atoms with van der Waals surface area (Å²) in [7, 11) is 0. The molecule has 21 heavy (non-hydrogen) atoms. The van der Waals surface area contributed by atoms with Crippen LogP contribution in [-0.4, -0.2) is 17.6 Å². The Morgan fingerprint density at radius 3 is 2.57 bits per heavy atom. The van der Waals surface area contributed by atoms with E-state index in [0.29, 0.717) is 11.1 Å². The van der Waals surface area contributed by atoms with E-state index in [1.54, 1.807) is 32.0 Å². The summed E-state index contributed by atoms with van der Waals surface area (Å²) < 4.78 is 13.2. The van der Waals surface area contributed by atoms with Crippen LogP contribution in [0.25, 0.3) is 0 Å². The van der Waals surface area contributed by atoms with Crippen molar-refractivity contribution in [3.63, 3.8) is 0 Å². The molecular formula is C17H18FNO2. The normalized spacial score (nSPS) is 13.5.